The standard InChI is InChI=1S/C25H16O2/c1-15-7-9-18-20-11-12-21-19-10-8-17(16-5-3-2-4-6-16)14-23(19)27-25(21)24(20)26-22(18)13-15/h2-14H,1H3. The molecular weight excluding hydrogens is 332 g/mol. The van der Waals surface area contributed by atoms with Gasteiger partial charge in [0.25, 0.3) is 0 Å². The lowest BCUT2D eigenvalue weighted by Gasteiger charge is -2.00. The molecule has 6 aromatic rings. The molecule has 6 rings (SSSR count). The van der Waals surface area contributed by atoms with Gasteiger partial charge in [-0.05, 0) is 53.9 Å². The minimum absolute atomic E-state index is 0.821. The highest BCUT2D eigenvalue weighted by atomic mass is 16.4. The summed E-state index contributed by atoms with van der Waals surface area (Å²) >= 11 is 0. The van der Waals surface area contributed by atoms with Crippen LogP contribution in [0.3, 0.4) is 0 Å². The van der Waals surface area contributed by atoms with Crippen molar-refractivity contribution in [2.45, 2.75) is 6.92 Å². The molecule has 0 aliphatic heterocycles. The Morgan fingerprint density at radius 2 is 1.11 bits per heavy atom. The Morgan fingerprint density at radius 3 is 1.81 bits per heavy atom. The van der Waals surface area contributed by atoms with Crippen LogP contribution in [-0.2, 0) is 0 Å². The molecule has 128 valence electrons. The zero-order valence-corrected chi connectivity index (χ0v) is 14.8. The van der Waals surface area contributed by atoms with Gasteiger partial charge in [0.15, 0.2) is 11.2 Å². The zero-order chi connectivity index (χ0) is 18.0. The molecule has 0 aliphatic rings. The number of furan rings is 2. The largest absolute Gasteiger partial charge is 0.452 e. The van der Waals surface area contributed by atoms with Gasteiger partial charge in [-0.2, -0.15) is 0 Å². The smallest absolute Gasteiger partial charge is 0.178 e. The Balaban J connectivity index is 1.67. The first-order valence-electron chi connectivity index (χ1n) is 9.11. The van der Waals surface area contributed by atoms with Crippen molar-refractivity contribution in [3.8, 4) is 11.1 Å². The van der Waals surface area contributed by atoms with Crippen LogP contribution in [0.4, 0.5) is 0 Å². The van der Waals surface area contributed by atoms with Crippen LogP contribution in [0.25, 0.3) is 55.0 Å². The van der Waals surface area contributed by atoms with E-state index in [0.717, 1.165) is 49.4 Å². The normalized spacial score (nSPS) is 11.9. The zero-order valence-electron chi connectivity index (χ0n) is 14.8. The van der Waals surface area contributed by atoms with Crippen LogP contribution in [0.2, 0.25) is 0 Å². The summed E-state index contributed by atoms with van der Waals surface area (Å²) < 4.78 is 12.5. The lowest BCUT2D eigenvalue weighted by Crippen LogP contribution is -1.76. The molecule has 27 heavy (non-hydrogen) atoms. The van der Waals surface area contributed by atoms with Gasteiger partial charge in [0.1, 0.15) is 11.2 Å². The van der Waals surface area contributed by atoms with Crippen molar-refractivity contribution in [3.05, 3.63) is 84.4 Å². The average Bonchev–Trinajstić information content (AvgIpc) is 3.25. The molecule has 2 heterocycles. The molecule has 0 fully saturated rings. The quantitative estimate of drug-likeness (QED) is 0.308. The molecule has 2 aromatic heterocycles. The molecule has 0 spiro atoms. The number of hydrogen-bond donors (Lipinski definition) is 0. The van der Waals surface area contributed by atoms with Crippen LogP contribution in [0, 0.1) is 6.92 Å². The Hall–Kier alpha value is -3.52. The maximum atomic E-state index is 6.29. The molecule has 0 atom stereocenters. The topological polar surface area (TPSA) is 26.3 Å². The lowest BCUT2D eigenvalue weighted by atomic mass is 10.0. The molecule has 0 saturated carbocycles. The van der Waals surface area contributed by atoms with E-state index in [1.54, 1.807) is 0 Å². The van der Waals surface area contributed by atoms with Gasteiger partial charge in [0.2, 0.25) is 0 Å². The Labute approximate surface area is 155 Å². The third kappa shape index (κ3) is 2.07. The third-order valence-corrected chi connectivity index (χ3v) is 5.34. The minimum atomic E-state index is 0.821. The second kappa shape index (κ2) is 5.24. The predicted molar refractivity (Wildman–Crippen MR) is 111 cm³/mol. The van der Waals surface area contributed by atoms with E-state index in [4.69, 9.17) is 8.83 Å². The minimum Gasteiger partial charge on any atom is -0.452 e. The van der Waals surface area contributed by atoms with Crippen LogP contribution < -0.4 is 0 Å². The van der Waals surface area contributed by atoms with Gasteiger partial charge < -0.3 is 8.83 Å². The lowest BCUT2D eigenvalue weighted by molar-refractivity contribution is 0.633. The summed E-state index contributed by atoms with van der Waals surface area (Å²) in [5.41, 5.74) is 6.96. The molecule has 2 heteroatoms. The maximum Gasteiger partial charge on any atom is 0.178 e. The van der Waals surface area contributed by atoms with Gasteiger partial charge in [0, 0.05) is 21.5 Å². The molecule has 2 nitrogen and oxygen atoms in total. The van der Waals surface area contributed by atoms with Crippen LogP contribution in [0.5, 0.6) is 0 Å². The van der Waals surface area contributed by atoms with E-state index in [9.17, 15) is 0 Å². The van der Waals surface area contributed by atoms with Crippen molar-refractivity contribution in [1.82, 2.24) is 0 Å². The summed E-state index contributed by atoms with van der Waals surface area (Å²) in [4.78, 5) is 0. The van der Waals surface area contributed by atoms with E-state index in [1.165, 1.54) is 11.1 Å². The van der Waals surface area contributed by atoms with E-state index in [0.29, 0.717) is 0 Å². The number of fused-ring (bicyclic) bond motifs is 7. The number of aryl methyl sites for hydroxylation is 1. The molecular formula is C25H16O2. The molecule has 0 unspecified atom stereocenters. The van der Waals surface area contributed by atoms with E-state index >= 15 is 0 Å². The molecule has 0 amide bonds. The number of hydrogen-bond acceptors (Lipinski definition) is 2. The summed E-state index contributed by atoms with van der Waals surface area (Å²) in [5, 5.41) is 4.43. The first kappa shape index (κ1) is 14.6. The Bertz CT molecular complexity index is 1470. The van der Waals surface area contributed by atoms with Crippen LogP contribution in [-0.4, -0.2) is 0 Å². The van der Waals surface area contributed by atoms with Gasteiger partial charge in [-0.15, -0.1) is 0 Å². The third-order valence-electron chi connectivity index (χ3n) is 5.34. The SMILES string of the molecule is Cc1ccc2c(c1)oc1c2ccc2c3ccc(-c4ccccc4)cc3oc21. The van der Waals surface area contributed by atoms with E-state index in [2.05, 4.69) is 79.7 Å². The van der Waals surface area contributed by atoms with E-state index in [1.807, 2.05) is 6.07 Å². The first-order chi connectivity index (χ1) is 13.3. The van der Waals surface area contributed by atoms with Gasteiger partial charge >= 0.3 is 0 Å². The summed E-state index contributed by atoms with van der Waals surface area (Å²) in [6.07, 6.45) is 0. The van der Waals surface area contributed by atoms with Crippen molar-refractivity contribution < 1.29 is 8.83 Å². The molecule has 0 radical (unpaired) electrons. The number of rotatable bonds is 1. The molecule has 0 aliphatic carbocycles. The Morgan fingerprint density at radius 1 is 0.519 bits per heavy atom. The summed E-state index contributed by atoms with van der Waals surface area (Å²) in [5.74, 6) is 0. The van der Waals surface area contributed by atoms with Crippen molar-refractivity contribution >= 4 is 43.9 Å². The van der Waals surface area contributed by atoms with Gasteiger partial charge in [0.05, 0.1) is 0 Å². The van der Waals surface area contributed by atoms with Crippen LogP contribution in [0.1, 0.15) is 5.56 Å². The van der Waals surface area contributed by atoms with Gasteiger partial charge in [-0.3, -0.25) is 0 Å². The second-order valence-corrected chi connectivity index (χ2v) is 7.10. The van der Waals surface area contributed by atoms with E-state index in [-0.39, 0.29) is 0 Å². The average molecular weight is 348 g/mol. The second-order valence-electron chi connectivity index (χ2n) is 7.10. The first-order valence-corrected chi connectivity index (χ1v) is 9.11. The summed E-state index contributed by atoms with van der Waals surface area (Å²) in [6.45, 7) is 2.08. The summed E-state index contributed by atoms with van der Waals surface area (Å²) in [7, 11) is 0. The Kier molecular flexibility index (Phi) is 2.84. The van der Waals surface area contributed by atoms with Crippen LogP contribution >= 0.6 is 0 Å². The monoisotopic (exact) mass is 348 g/mol. The van der Waals surface area contributed by atoms with Crippen LogP contribution in [0.15, 0.2) is 87.7 Å². The summed E-state index contributed by atoms with van der Waals surface area (Å²) in [6, 6.07) is 27.4. The highest BCUT2D eigenvalue weighted by Crippen LogP contribution is 2.39. The van der Waals surface area contributed by atoms with Crippen molar-refractivity contribution in [3.63, 3.8) is 0 Å². The number of benzene rings is 4. The molecule has 0 saturated heterocycles. The fourth-order valence-electron chi connectivity index (χ4n) is 3.99. The molecule has 0 bridgehead atoms. The maximum absolute atomic E-state index is 6.29. The van der Waals surface area contributed by atoms with Crippen molar-refractivity contribution in [2.75, 3.05) is 0 Å². The molecule has 4 aromatic carbocycles. The fraction of sp³-hybridized carbons (Fsp3) is 0.0400. The van der Waals surface area contributed by atoms with E-state index < -0.39 is 0 Å². The van der Waals surface area contributed by atoms with Gasteiger partial charge in [-0.25, -0.2) is 0 Å². The molecule has 0 N–H and O–H groups in total. The predicted octanol–water partition coefficient (Wildman–Crippen LogP) is 7.46. The highest BCUT2D eigenvalue weighted by Gasteiger charge is 2.16. The highest BCUT2D eigenvalue weighted by molar-refractivity contribution is 6.19. The van der Waals surface area contributed by atoms with Crippen molar-refractivity contribution in [2.24, 2.45) is 0 Å². The van der Waals surface area contributed by atoms with Crippen molar-refractivity contribution in [1.29, 1.82) is 0 Å². The fourth-order valence-corrected chi connectivity index (χ4v) is 3.99. The van der Waals surface area contributed by atoms with Gasteiger partial charge in [-0.1, -0.05) is 48.5 Å².